The van der Waals surface area contributed by atoms with Crippen LogP contribution in [0.4, 0.5) is 0 Å². The number of benzene rings is 3. The van der Waals surface area contributed by atoms with Gasteiger partial charge in [0.25, 0.3) is 5.56 Å². The lowest BCUT2D eigenvalue weighted by atomic mass is 9.91. The lowest BCUT2D eigenvalue weighted by Gasteiger charge is -2.21. The molecule has 7 heteroatoms. The zero-order chi connectivity index (χ0) is 23.8. The lowest BCUT2D eigenvalue weighted by molar-refractivity contribution is -0.132. The molecule has 0 radical (unpaired) electrons. The van der Waals surface area contributed by atoms with Gasteiger partial charge in [-0.2, -0.15) is 5.10 Å². The molecule has 0 unspecified atom stereocenters. The number of halogens is 2. The highest BCUT2D eigenvalue weighted by Gasteiger charge is 2.34. The lowest BCUT2D eigenvalue weighted by Crippen LogP contribution is -2.26. The standard InChI is InChI=1S/C27H21Cl2N3O2/c1-2-24(33)32-23(16-8-10-18(28)11-9-16)15-22(31-32)26-25(17-6-4-3-5-7-17)20-14-19(29)12-13-21(20)30-27(26)34/h3-14,23H,2,15H2,1H3,(H,30,34)/t23-/m1/s1. The summed E-state index contributed by atoms with van der Waals surface area (Å²) in [6, 6.07) is 22.2. The van der Waals surface area contributed by atoms with Gasteiger partial charge in [0.15, 0.2) is 0 Å². The summed E-state index contributed by atoms with van der Waals surface area (Å²) in [5.74, 6) is -0.114. The number of pyridine rings is 1. The number of hydrogen-bond acceptors (Lipinski definition) is 3. The van der Waals surface area contributed by atoms with Crippen LogP contribution in [0.15, 0.2) is 82.7 Å². The van der Waals surface area contributed by atoms with Gasteiger partial charge in [-0.25, -0.2) is 5.01 Å². The van der Waals surface area contributed by atoms with Gasteiger partial charge in [-0.15, -0.1) is 0 Å². The van der Waals surface area contributed by atoms with Gasteiger partial charge in [-0.1, -0.05) is 72.6 Å². The number of carbonyl (C=O) groups is 1. The van der Waals surface area contributed by atoms with Crippen molar-refractivity contribution in [2.75, 3.05) is 0 Å². The fourth-order valence-electron chi connectivity index (χ4n) is 4.44. The Kier molecular flexibility index (Phi) is 5.98. The number of aromatic amines is 1. The number of rotatable bonds is 4. The van der Waals surface area contributed by atoms with E-state index < -0.39 is 0 Å². The summed E-state index contributed by atoms with van der Waals surface area (Å²) in [6.07, 6.45) is 0.707. The molecule has 3 aromatic carbocycles. The Labute approximate surface area is 206 Å². The second kappa shape index (κ2) is 9.09. The van der Waals surface area contributed by atoms with E-state index in [0.29, 0.717) is 39.7 Å². The van der Waals surface area contributed by atoms with E-state index in [1.807, 2.05) is 48.5 Å². The van der Waals surface area contributed by atoms with Crippen LogP contribution in [-0.2, 0) is 4.79 Å². The van der Waals surface area contributed by atoms with Gasteiger partial charge in [0.2, 0.25) is 5.91 Å². The maximum Gasteiger partial charge on any atom is 0.258 e. The average Bonchev–Trinajstić information content (AvgIpc) is 3.29. The summed E-state index contributed by atoms with van der Waals surface area (Å²) in [5.41, 5.74) is 3.98. The van der Waals surface area contributed by atoms with E-state index >= 15 is 0 Å². The highest BCUT2D eigenvalue weighted by molar-refractivity contribution is 6.31. The highest BCUT2D eigenvalue weighted by Crippen LogP contribution is 2.37. The largest absolute Gasteiger partial charge is 0.321 e. The number of fused-ring (bicyclic) bond motifs is 1. The number of carbonyl (C=O) groups excluding carboxylic acids is 1. The monoisotopic (exact) mass is 489 g/mol. The SMILES string of the molecule is CCC(=O)N1N=C(c2c(-c3ccccc3)c3cc(Cl)ccc3[nH]c2=O)C[C@@H]1c1ccc(Cl)cc1. The minimum Gasteiger partial charge on any atom is -0.321 e. The number of hydrazone groups is 1. The Bertz CT molecular complexity index is 1480. The van der Waals surface area contributed by atoms with Gasteiger partial charge < -0.3 is 4.98 Å². The molecule has 0 spiro atoms. The first-order valence-electron chi connectivity index (χ1n) is 11.0. The van der Waals surface area contributed by atoms with Crippen molar-refractivity contribution in [2.24, 2.45) is 5.10 Å². The molecule has 5 nitrogen and oxygen atoms in total. The van der Waals surface area contributed by atoms with E-state index in [1.165, 1.54) is 5.01 Å². The molecule has 1 atom stereocenters. The Morgan fingerprint density at radius 1 is 1.00 bits per heavy atom. The molecule has 0 saturated heterocycles. The van der Waals surface area contributed by atoms with Crippen LogP contribution >= 0.6 is 23.2 Å². The molecule has 0 fully saturated rings. The Balaban J connectivity index is 1.74. The van der Waals surface area contributed by atoms with Gasteiger partial charge in [0.1, 0.15) is 0 Å². The quantitative estimate of drug-likeness (QED) is 0.351. The first kappa shape index (κ1) is 22.4. The first-order chi connectivity index (χ1) is 16.5. The zero-order valence-corrected chi connectivity index (χ0v) is 19.9. The Morgan fingerprint density at radius 2 is 1.71 bits per heavy atom. The summed E-state index contributed by atoms with van der Waals surface area (Å²) < 4.78 is 0. The molecule has 5 rings (SSSR count). The van der Waals surface area contributed by atoms with Crippen LogP contribution in [0.1, 0.15) is 36.9 Å². The third-order valence-corrected chi connectivity index (χ3v) is 6.54. The molecular formula is C27H21Cl2N3O2. The zero-order valence-electron chi connectivity index (χ0n) is 18.4. The van der Waals surface area contributed by atoms with Gasteiger partial charge >= 0.3 is 0 Å². The summed E-state index contributed by atoms with van der Waals surface area (Å²) in [5, 5.41) is 8.20. The van der Waals surface area contributed by atoms with E-state index in [2.05, 4.69) is 4.98 Å². The molecule has 4 aromatic rings. The Morgan fingerprint density at radius 3 is 2.41 bits per heavy atom. The smallest absolute Gasteiger partial charge is 0.258 e. The topological polar surface area (TPSA) is 65.5 Å². The molecule has 1 aliphatic heterocycles. The normalized spacial score (nSPS) is 15.6. The predicted molar refractivity (Wildman–Crippen MR) is 137 cm³/mol. The number of aromatic nitrogens is 1. The van der Waals surface area contributed by atoms with Crippen LogP contribution in [0.2, 0.25) is 10.0 Å². The molecule has 0 aliphatic carbocycles. The van der Waals surface area contributed by atoms with Gasteiger partial charge in [-0.3, -0.25) is 9.59 Å². The number of nitrogens with zero attached hydrogens (tertiary/aromatic N) is 2. The van der Waals surface area contributed by atoms with Crippen molar-refractivity contribution >= 4 is 45.7 Å². The van der Waals surface area contributed by atoms with E-state index in [4.69, 9.17) is 28.3 Å². The van der Waals surface area contributed by atoms with Crippen LogP contribution in [-0.4, -0.2) is 21.6 Å². The number of amides is 1. The fourth-order valence-corrected chi connectivity index (χ4v) is 4.74. The molecule has 2 heterocycles. The first-order valence-corrected chi connectivity index (χ1v) is 11.8. The molecule has 0 bridgehead atoms. The summed E-state index contributed by atoms with van der Waals surface area (Å²) in [7, 11) is 0. The Hall–Kier alpha value is -3.41. The van der Waals surface area contributed by atoms with Crippen molar-refractivity contribution in [3.05, 3.63) is 104 Å². The van der Waals surface area contributed by atoms with E-state index in [9.17, 15) is 9.59 Å². The van der Waals surface area contributed by atoms with Gasteiger partial charge in [0, 0.05) is 39.4 Å². The van der Waals surface area contributed by atoms with E-state index in [0.717, 1.165) is 22.1 Å². The maximum atomic E-state index is 13.4. The van der Waals surface area contributed by atoms with Crippen molar-refractivity contribution in [3.8, 4) is 11.1 Å². The van der Waals surface area contributed by atoms with Crippen molar-refractivity contribution in [1.29, 1.82) is 0 Å². The second-order valence-electron chi connectivity index (χ2n) is 8.17. The molecule has 1 aromatic heterocycles. The third-order valence-electron chi connectivity index (χ3n) is 6.05. The van der Waals surface area contributed by atoms with Crippen molar-refractivity contribution in [2.45, 2.75) is 25.8 Å². The molecule has 1 N–H and O–H groups in total. The van der Waals surface area contributed by atoms with Crippen molar-refractivity contribution < 1.29 is 4.79 Å². The highest BCUT2D eigenvalue weighted by atomic mass is 35.5. The van der Waals surface area contributed by atoms with E-state index in [1.54, 1.807) is 31.2 Å². The molecule has 1 aliphatic rings. The molecular weight excluding hydrogens is 469 g/mol. The summed E-state index contributed by atoms with van der Waals surface area (Å²) in [6.45, 7) is 1.80. The summed E-state index contributed by atoms with van der Waals surface area (Å²) >= 11 is 12.4. The van der Waals surface area contributed by atoms with Crippen LogP contribution in [0.3, 0.4) is 0 Å². The minimum absolute atomic E-state index is 0.114. The fraction of sp³-hybridized carbons (Fsp3) is 0.148. The average molecular weight is 490 g/mol. The van der Waals surface area contributed by atoms with Crippen molar-refractivity contribution in [1.82, 2.24) is 9.99 Å². The van der Waals surface area contributed by atoms with Crippen LogP contribution in [0.5, 0.6) is 0 Å². The molecule has 170 valence electrons. The third kappa shape index (κ3) is 4.02. The molecule has 0 saturated carbocycles. The second-order valence-corrected chi connectivity index (χ2v) is 9.04. The van der Waals surface area contributed by atoms with Crippen LogP contribution in [0, 0.1) is 0 Å². The van der Waals surface area contributed by atoms with E-state index in [-0.39, 0.29) is 17.5 Å². The maximum absolute atomic E-state index is 13.4. The van der Waals surface area contributed by atoms with Crippen LogP contribution < -0.4 is 5.56 Å². The number of H-pyrrole nitrogens is 1. The molecule has 1 amide bonds. The van der Waals surface area contributed by atoms with Crippen LogP contribution in [0.25, 0.3) is 22.0 Å². The summed E-state index contributed by atoms with van der Waals surface area (Å²) in [4.78, 5) is 29.2. The predicted octanol–water partition coefficient (Wildman–Crippen LogP) is 6.59. The molecule has 34 heavy (non-hydrogen) atoms. The van der Waals surface area contributed by atoms with Gasteiger partial charge in [0.05, 0.1) is 17.3 Å². The van der Waals surface area contributed by atoms with Crippen molar-refractivity contribution in [3.63, 3.8) is 0 Å². The minimum atomic E-state index is -0.321. The number of hydrogen-bond donors (Lipinski definition) is 1. The van der Waals surface area contributed by atoms with Gasteiger partial charge in [-0.05, 0) is 41.5 Å². The number of nitrogens with one attached hydrogen (secondary N) is 1.